The average Bonchev–Trinajstić information content (AvgIpc) is 2.39. The van der Waals surface area contributed by atoms with Gasteiger partial charge in [0.05, 0.1) is 5.56 Å². The smallest absolute Gasteiger partial charge is 0.343 e. The molecule has 0 aliphatic rings. The molecule has 19 heavy (non-hydrogen) atoms. The number of hydrogen-bond acceptors (Lipinski definition) is 2. The van der Waals surface area contributed by atoms with Crippen LogP contribution in [0.15, 0.2) is 48.5 Å². The second-order valence-electron chi connectivity index (χ2n) is 4.63. The lowest BCUT2D eigenvalue weighted by Crippen LogP contribution is -2.09. The highest BCUT2D eigenvalue weighted by Crippen LogP contribution is 2.19. The highest BCUT2D eigenvalue weighted by atomic mass is 19.1. The van der Waals surface area contributed by atoms with E-state index in [0.29, 0.717) is 5.75 Å². The van der Waals surface area contributed by atoms with Gasteiger partial charge in [-0.25, -0.2) is 9.18 Å². The van der Waals surface area contributed by atoms with Gasteiger partial charge < -0.3 is 4.74 Å². The Labute approximate surface area is 111 Å². The zero-order valence-electron chi connectivity index (χ0n) is 10.9. The van der Waals surface area contributed by atoms with Crippen LogP contribution in [0.4, 0.5) is 4.39 Å². The first-order chi connectivity index (χ1) is 9.06. The fourth-order valence-corrected chi connectivity index (χ4v) is 1.72. The Bertz CT molecular complexity index is 577. The molecule has 2 nitrogen and oxygen atoms in total. The fraction of sp³-hybridized carbons (Fsp3) is 0.188. The van der Waals surface area contributed by atoms with E-state index in [0.717, 1.165) is 5.56 Å². The van der Waals surface area contributed by atoms with Gasteiger partial charge in [-0.2, -0.15) is 0 Å². The summed E-state index contributed by atoms with van der Waals surface area (Å²) < 4.78 is 18.7. The van der Waals surface area contributed by atoms with Crippen LogP contribution in [0.5, 0.6) is 5.75 Å². The first kappa shape index (κ1) is 13.3. The molecule has 0 saturated heterocycles. The summed E-state index contributed by atoms with van der Waals surface area (Å²) in [6.45, 7) is 3.89. The summed E-state index contributed by atoms with van der Waals surface area (Å²) in [5, 5.41) is 0. The molecular formula is C16H15FO2. The molecule has 2 rings (SSSR count). The molecule has 0 bridgehead atoms. The minimum atomic E-state index is -0.549. The number of carbonyl (C=O) groups excluding carboxylic acids is 1. The first-order valence-corrected chi connectivity index (χ1v) is 6.14. The van der Waals surface area contributed by atoms with Crippen LogP contribution in [0.1, 0.15) is 35.7 Å². The van der Waals surface area contributed by atoms with Crippen LogP contribution in [0.3, 0.4) is 0 Å². The van der Waals surface area contributed by atoms with E-state index in [1.807, 2.05) is 19.9 Å². The van der Waals surface area contributed by atoms with Gasteiger partial charge in [0, 0.05) is 0 Å². The van der Waals surface area contributed by atoms with Crippen molar-refractivity contribution in [3.8, 4) is 5.75 Å². The maximum Gasteiger partial charge on any atom is 0.343 e. The van der Waals surface area contributed by atoms with Crippen molar-refractivity contribution in [1.29, 1.82) is 0 Å². The largest absolute Gasteiger partial charge is 0.423 e. The first-order valence-electron chi connectivity index (χ1n) is 6.14. The van der Waals surface area contributed by atoms with E-state index in [1.54, 1.807) is 30.3 Å². The average molecular weight is 258 g/mol. The molecule has 2 aromatic carbocycles. The van der Waals surface area contributed by atoms with Crippen molar-refractivity contribution < 1.29 is 13.9 Å². The van der Waals surface area contributed by atoms with Gasteiger partial charge in [0.15, 0.2) is 0 Å². The maximum absolute atomic E-state index is 13.5. The lowest BCUT2D eigenvalue weighted by Gasteiger charge is -2.09. The zero-order chi connectivity index (χ0) is 13.8. The third kappa shape index (κ3) is 3.41. The minimum Gasteiger partial charge on any atom is -0.423 e. The second-order valence-corrected chi connectivity index (χ2v) is 4.63. The Morgan fingerprint density at radius 1 is 1.11 bits per heavy atom. The fourth-order valence-electron chi connectivity index (χ4n) is 1.72. The van der Waals surface area contributed by atoms with Gasteiger partial charge in [-0.15, -0.1) is 0 Å². The number of carbonyl (C=O) groups is 1. The van der Waals surface area contributed by atoms with Crippen LogP contribution in [0.2, 0.25) is 0 Å². The van der Waals surface area contributed by atoms with Crippen molar-refractivity contribution in [2.45, 2.75) is 19.8 Å². The molecule has 2 aromatic rings. The summed E-state index contributed by atoms with van der Waals surface area (Å²) in [7, 11) is 0. The van der Waals surface area contributed by atoms with Crippen molar-refractivity contribution in [3.63, 3.8) is 0 Å². The van der Waals surface area contributed by atoms with Crippen molar-refractivity contribution in [3.05, 3.63) is 65.5 Å². The Balaban J connectivity index is 2.24. The number of rotatable bonds is 3. The van der Waals surface area contributed by atoms with E-state index >= 15 is 0 Å². The Morgan fingerprint density at radius 2 is 1.79 bits per heavy atom. The summed E-state index contributed by atoms with van der Waals surface area (Å²) >= 11 is 0. The number of hydrogen-bond donors (Lipinski definition) is 0. The van der Waals surface area contributed by atoms with Gasteiger partial charge in [0.2, 0.25) is 0 Å². The summed E-state index contributed by atoms with van der Waals surface area (Å²) in [5.74, 6) is -0.374. The van der Waals surface area contributed by atoms with Crippen LogP contribution in [0.25, 0.3) is 0 Å². The van der Waals surface area contributed by atoms with E-state index in [-0.39, 0.29) is 11.5 Å². The SMILES string of the molecule is CC(C)c1cc(F)cc(C(=O)Oc2ccccc2)c1. The van der Waals surface area contributed by atoms with Gasteiger partial charge >= 0.3 is 5.97 Å². The summed E-state index contributed by atoms with van der Waals surface area (Å²) in [5.41, 5.74) is 1.01. The van der Waals surface area contributed by atoms with Crippen molar-refractivity contribution in [1.82, 2.24) is 0 Å². The zero-order valence-corrected chi connectivity index (χ0v) is 10.9. The van der Waals surface area contributed by atoms with E-state index in [9.17, 15) is 9.18 Å². The molecule has 0 radical (unpaired) electrons. The molecular weight excluding hydrogens is 243 g/mol. The molecule has 0 amide bonds. The molecule has 3 heteroatoms. The Hall–Kier alpha value is -2.16. The number of para-hydroxylation sites is 1. The van der Waals surface area contributed by atoms with Gasteiger partial charge in [0.1, 0.15) is 11.6 Å². The maximum atomic E-state index is 13.5. The van der Waals surface area contributed by atoms with Crippen LogP contribution in [0, 0.1) is 5.82 Å². The molecule has 0 N–H and O–H groups in total. The molecule has 0 heterocycles. The van der Waals surface area contributed by atoms with E-state index < -0.39 is 11.8 Å². The molecule has 98 valence electrons. The lowest BCUT2D eigenvalue weighted by molar-refractivity contribution is 0.0734. The summed E-state index contributed by atoms with van der Waals surface area (Å²) in [6.07, 6.45) is 0. The number of esters is 1. The molecule has 0 atom stereocenters. The van der Waals surface area contributed by atoms with Gasteiger partial charge in [-0.05, 0) is 41.8 Å². The van der Waals surface area contributed by atoms with Crippen molar-refractivity contribution in [2.75, 3.05) is 0 Å². The highest BCUT2D eigenvalue weighted by Gasteiger charge is 2.12. The standard InChI is InChI=1S/C16H15FO2/c1-11(2)12-8-13(10-14(17)9-12)16(18)19-15-6-4-3-5-7-15/h3-11H,1-2H3. The number of ether oxygens (including phenoxy) is 1. The summed E-state index contributed by atoms with van der Waals surface area (Å²) in [4.78, 5) is 12.0. The van der Waals surface area contributed by atoms with Crippen molar-refractivity contribution in [2.24, 2.45) is 0 Å². The topological polar surface area (TPSA) is 26.3 Å². The van der Waals surface area contributed by atoms with Crippen LogP contribution < -0.4 is 4.74 Å². The number of halogens is 1. The van der Waals surface area contributed by atoms with Crippen molar-refractivity contribution >= 4 is 5.97 Å². The Morgan fingerprint density at radius 3 is 2.42 bits per heavy atom. The van der Waals surface area contributed by atoms with E-state index in [2.05, 4.69) is 0 Å². The molecule has 0 saturated carbocycles. The van der Waals surface area contributed by atoms with Gasteiger partial charge in [0.25, 0.3) is 0 Å². The molecule has 0 aromatic heterocycles. The minimum absolute atomic E-state index is 0.152. The van der Waals surface area contributed by atoms with E-state index in [4.69, 9.17) is 4.74 Å². The number of benzene rings is 2. The second kappa shape index (κ2) is 5.65. The monoisotopic (exact) mass is 258 g/mol. The van der Waals surface area contributed by atoms with Crippen LogP contribution in [-0.4, -0.2) is 5.97 Å². The van der Waals surface area contributed by atoms with Crippen LogP contribution >= 0.6 is 0 Å². The third-order valence-corrected chi connectivity index (χ3v) is 2.78. The van der Waals surface area contributed by atoms with E-state index in [1.165, 1.54) is 12.1 Å². The predicted octanol–water partition coefficient (Wildman–Crippen LogP) is 4.17. The van der Waals surface area contributed by atoms with Gasteiger partial charge in [-0.3, -0.25) is 0 Å². The molecule has 0 aliphatic carbocycles. The highest BCUT2D eigenvalue weighted by molar-refractivity contribution is 5.91. The molecule has 0 spiro atoms. The third-order valence-electron chi connectivity index (χ3n) is 2.78. The summed E-state index contributed by atoms with van der Waals surface area (Å²) in [6, 6.07) is 13.0. The lowest BCUT2D eigenvalue weighted by atomic mass is 10.0. The molecule has 0 aliphatic heterocycles. The Kier molecular flexibility index (Phi) is 3.95. The quantitative estimate of drug-likeness (QED) is 0.610. The normalized spacial score (nSPS) is 10.5. The molecule has 0 fully saturated rings. The van der Waals surface area contributed by atoms with Gasteiger partial charge in [-0.1, -0.05) is 32.0 Å². The molecule has 0 unspecified atom stereocenters. The predicted molar refractivity (Wildman–Crippen MR) is 71.9 cm³/mol. The van der Waals surface area contributed by atoms with Crippen LogP contribution in [-0.2, 0) is 0 Å².